The van der Waals surface area contributed by atoms with Crippen LogP contribution in [0.1, 0.15) is 11.1 Å². The van der Waals surface area contributed by atoms with Gasteiger partial charge in [-0.05, 0) is 48.5 Å². The number of ether oxygens (including phenoxy) is 2. The number of anilines is 1. The van der Waals surface area contributed by atoms with Crippen molar-refractivity contribution in [2.24, 2.45) is 0 Å². The van der Waals surface area contributed by atoms with Crippen LogP contribution in [0.25, 0.3) is 0 Å². The van der Waals surface area contributed by atoms with E-state index >= 15 is 0 Å². The van der Waals surface area contributed by atoms with Gasteiger partial charge in [0.2, 0.25) is 0 Å². The molecule has 0 bridgehead atoms. The number of rotatable bonds is 3. The largest absolute Gasteiger partial charge is 0.486 e. The topological polar surface area (TPSA) is 55.4 Å². The molecule has 1 aliphatic rings. The van der Waals surface area contributed by atoms with E-state index in [9.17, 15) is 0 Å². The fraction of sp³-hybridized carbons (Fsp3) is 0.250. The second-order valence-corrected chi connectivity index (χ2v) is 5.36. The number of nitrogens with zero attached hydrogens (tertiary/aromatic N) is 1. The predicted molar refractivity (Wildman–Crippen MR) is 89.5 cm³/mol. The van der Waals surface area contributed by atoms with Gasteiger partial charge in [-0.1, -0.05) is 12.1 Å². The highest BCUT2D eigenvalue weighted by molar-refractivity contribution is 7.80. The maximum absolute atomic E-state index is 5.57. The lowest BCUT2D eigenvalue weighted by molar-refractivity contribution is 0.171. The number of fused-ring (bicyclic) bond motifs is 1. The fourth-order valence-electron chi connectivity index (χ4n) is 2.15. The maximum Gasteiger partial charge on any atom is 0.172 e. The van der Waals surface area contributed by atoms with Crippen LogP contribution in [0.15, 0.2) is 36.5 Å². The summed E-state index contributed by atoms with van der Waals surface area (Å²) >= 11 is 5.30. The smallest absolute Gasteiger partial charge is 0.172 e. The Kier molecular flexibility index (Phi) is 4.39. The molecule has 3 rings (SSSR count). The van der Waals surface area contributed by atoms with Crippen LogP contribution in [0.5, 0.6) is 11.5 Å². The number of thiocarbonyl (C=S) groups is 1. The van der Waals surface area contributed by atoms with E-state index in [0.717, 1.165) is 28.4 Å². The molecule has 22 heavy (non-hydrogen) atoms. The molecule has 0 saturated heterocycles. The first-order valence-electron chi connectivity index (χ1n) is 7.07. The predicted octanol–water partition coefficient (Wildman–Crippen LogP) is 2.65. The first-order valence-corrected chi connectivity index (χ1v) is 7.48. The number of nitrogens with one attached hydrogen (secondary N) is 2. The summed E-state index contributed by atoms with van der Waals surface area (Å²) in [5.41, 5.74) is 2.12. The normalized spacial score (nSPS) is 12.6. The van der Waals surface area contributed by atoms with Crippen molar-refractivity contribution in [3.8, 4) is 11.5 Å². The lowest BCUT2D eigenvalue weighted by atomic mass is 10.2. The molecule has 2 aromatic rings. The third-order valence-corrected chi connectivity index (χ3v) is 3.55. The zero-order valence-corrected chi connectivity index (χ0v) is 13.1. The molecule has 0 radical (unpaired) electrons. The third kappa shape index (κ3) is 3.46. The molecule has 0 spiro atoms. The highest BCUT2D eigenvalue weighted by Gasteiger charge is 2.11. The number of benzene rings is 1. The maximum atomic E-state index is 5.57. The van der Waals surface area contributed by atoms with Gasteiger partial charge in [0.15, 0.2) is 16.6 Å². The average Bonchev–Trinajstić information content (AvgIpc) is 2.55. The summed E-state index contributed by atoms with van der Waals surface area (Å²) in [6.07, 6.45) is 1.73. The van der Waals surface area contributed by atoms with E-state index in [1.807, 2.05) is 37.3 Å². The van der Waals surface area contributed by atoms with Crippen molar-refractivity contribution in [1.29, 1.82) is 0 Å². The van der Waals surface area contributed by atoms with Crippen molar-refractivity contribution in [2.75, 3.05) is 18.5 Å². The Morgan fingerprint density at radius 2 is 2.05 bits per heavy atom. The van der Waals surface area contributed by atoms with Crippen LogP contribution < -0.4 is 20.1 Å². The highest BCUT2D eigenvalue weighted by Crippen LogP contribution is 2.30. The van der Waals surface area contributed by atoms with Crippen molar-refractivity contribution in [3.63, 3.8) is 0 Å². The number of aromatic nitrogens is 1. The Labute approximate surface area is 134 Å². The summed E-state index contributed by atoms with van der Waals surface area (Å²) in [6, 6.07) is 9.76. The summed E-state index contributed by atoms with van der Waals surface area (Å²) in [7, 11) is 0. The molecule has 6 heteroatoms. The Morgan fingerprint density at radius 3 is 2.86 bits per heavy atom. The lowest BCUT2D eigenvalue weighted by Crippen LogP contribution is -2.28. The summed E-state index contributed by atoms with van der Waals surface area (Å²) in [4.78, 5) is 4.26. The Balaban J connectivity index is 1.58. The van der Waals surface area contributed by atoms with E-state index < -0.39 is 0 Å². The number of hydrogen-bond donors (Lipinski definition) is 2. The van der Waals surface area contributed by atoms with E-state index in [2.05, 4.69) is 15.6 Å². The molecule has 114 valence electrons. The number of hydrogen-bond acceptors (Lipinski definition) is 4. The summed E-state index contributed by atoms with van der Waals surface area (Å²) < 4.78 is 11.1. The molecule has 0 aliphatic carbocycles. The van der Waals surface area contributed by atoms with Gasteiger partial charge in [0.1, 0.15) is 19.0 Å². The molecule has 2 heterocycles. The van der Waals surface area contributed by atoms with Crippen LogP contribution in [-0.4, -0.2) is 23.3 Å². The monoisotopic (exact) mass is 315 g/mol. The van der Waals surface area contributed by atoms with Crippen molar-refractivity contribution < 1.29 is 9.47 Å². The summed E-state index contributed by atoms with van der Waals surface area (Å²) in [5.74, 6) is 2.34. The number of pyridine rings is 1. The third-order valence-electron chi connectivity index (χ3n) is 3.30. The minimum Gasteiger partial charge on any atom is -0.486 e. The van der Waals surface area contributed by atoms with Crippen molar-refractivity contribution in [3.05, 3.63) is 47.7 Å². The summed E-state index contributed by atoms with van der Waals surface area (Å²) in [6.45, 7) is 3.78. The van der Waals surface area contributed by atoms with Gasteiger partial charge in [0, 0.05) is 12.7 Å². The van der Waals surface area contributed by atoms with Gasteiger partial charge in [-0.3, -0.25) is 0 Å². The van der Waals surface area contributed by atoms with Crippen LogP contribution in [0.2, 0.25) is 0 Å². The molecule has 0 saturated carbocycles. The minimum atomic E-state index is 0.539. The number of aryl methyl sites for hydroxylation is 1. The SMILES string of the molecule is Cc1cccnc1NC(=S)NCc1ccc2c(c1)OCCO2. The second-order valence-electron chi connectivity index (χ2n) is 4.95. The van der Waals surface area contributed by atoms with E-state index in [-0.39, 0.29) is 0 Å². The standard InChI is InChI=1S/C16H17N3O2S/c1-11-3-2-6-17-15(11)19-16(22)18-10-12-4-5-13-14(9-12)21-8-7-20-13/h2-6,9H,7-8,10H2,1H3,(H2,17,18,19,22). The zero-order valence-electron chi connectivity index (χ0n) is 12.3. The second kappa shape index (κ2) is 6.62. The van der Waals surface area contributed by atoms with Gasteiger partial charge in [0.25, 0.3) is 0 Å². The van der Waals surface area contributed by atoms with E-state index in [1.54, 1.807) is 6.20 Å². The Morgan fingerprint density at radius 1 is 1.23 bits per heavy atom. The van der Waals surface area contributed by atoms with Crippen molar-refractivity contribution >= 4 is 23.1 Å². The average molecular weight is 315 g/mol. The molecule has 2 N–H and O–H groups in total. The van der Waals surface area contributed by atoms with E-state index in [0.29, 0.717) is 24.9 Å². The van der Waals surface area contributed by atoms with Crippen LogP contribution in [-0.2, 0) is 6.54 Å². The fourth-order valence-corrected chi connectivity index (χ4v) is 2.32. The molecular formula is C16H17N3O2S. The molecule has 5 nitrogen and oxygen atoms in total. The Hall–Kier alpha value is -2.34. The van der Waals surface area contributed by atoms with E-state index in [1.165, 1.54) is 0 Å². The van der Waals surface area contributed by atoms with Gasteiger partial charge in [-0.25, -0.2) is 4.98 Å². The van der Waals surface area contributed by atoms with Gasteiger partial charge in [0.05, 0.1) is 0 Å². The highest BCUT2D eigenvalue weighted by atomic mass is 32.1. The molecule has 1 aliphatic heterocycles. The van der Waals surface area contributed by atoms with Crippen LogP contribution in [0.4, 0.5) is 5.82 Å². The van der Waals surface area contributed by atoms with Gasteiger partial charge < -0.3 is 20.1 Å². The molecule has 0 fully saturated rings. The molecular weight excluding hydrogens is 298 g/mol. The zero-order chi connectivity index (χ0) is 15.4. The van der Waals surface area contributed by atoms with Crippen LogP contribution in [0, 0.1) is 6.92 Å². The van der Waals surface area contributed by atoms with Crippen LogP contribution >= 0.6 is 12.2 Å². The molecule has 0 amide bonds. The van der Waals surface area contributed by atoms with Crippen molar-refractivity contribution in [1.82, 2.24) is 10.3 Å². The van der Waals surface area contributed by atoms with Gasteiger partial charge in [-0.15, -0.1) is 0 Å². The van der Waals surface area contributed by atoms with Gasteiger partial charge in [-0.2, -0.15) is 0 Å². The first kappa shape index (κ1) is 14.6. The molecule has 0 unspecified atom stereocenters. The van der Waals surface area contributed by atoms with Crippen molar-refractivity contribution in [2.45, 2.75) is 13.5 Å². The minimum absolute atomic E-state index is 0.539. The summed E-state index contributed by atoms with van der Waals surface area (Å²) in [5, 5.41) is 6.80. The first-order chi connectivity index (χ1) is 10.7. The quantitative estimate of drug-likeness (QED) is 0.849. The lowest BCUT2D eigenvalue weighted by Gasteiger charge is -2.19. The molecule has 1 aromatic heterocycles. The van der Waals surface area contributed by atoms with Gasteiger partial charge >= 0.3 is 0 Å². The Bertz CT molecular complexity index is 691. The van der Waals surface area contributed by atoms with E-state index in [4.69, 9.17) is 21.7 Å². The van der Waals surface area contributed by atoms with Crippen LogP contribution in [0.3, 0.4) is 0 Å². The molecule has 0 atom stereocenters. The molecule has 1 aromatic carbocycles.